The van der Waals surface area contributed by atoms with Gasteiger partial charge in [-0.05, 0) is 49.9 Å². The third kappa shape index (κ3) is 4.32. The lowest BCUT2D eigenvalue weighted by molar-refractivity contribution is 0.251. The molecule has 1 saturated heterocycles. The van der Waals surface area contributed by atoms with E-state index in [1.54, 1.807) is 0 Å². The predicted molar refractivity (Wildman–Crippen MR) is 82.5 cm³/mol. The van der Waals surface area contributed by atoms with Crippen LogP contribution in [-0.4, -0.2) is 30.6 Å². The Balaban J connectivity index is 1.72. The Labute approximate surface area is 118 Å². The molecule has 1 heterocycles. The molecule has 0 aromatic heterocycles. The first kappa shape index (κ1) is 14.5. The lowest BCUT2D eigenvalue weighted by Gasteiger charge is -2.24. The van der Waals surface area contributed by atoms with Crippen LogP contribution in [0.1, 0.15) is 50.7 Å². The van der Waals surface area contributed by atoms with Gasteiger partial charge in [-0.25, -0.2) is 0 Å². The summed E-state index contributed by atoms with van der Waals surface area (Å²) in [6.45, 7) is 11.5. The second-order valence-corrected chi connectivity index (χ2v) is 6.12. The standard InChI is InChI=1S/C17H28N2/c1-14(2)17-8-6-16(7-9-17)13-18-12-15(3)19-10-4-5-11-19/h6-9,14-15,18H,4-5,10-13H2,1-3H3. The van der Waals surface area contributed by atoms with E-state index in [1.165, 1.54) is 37.1 Å². The van der Waals surface area contributed by atoms with E-state index in [-0.39, 0.29) is 0 Å². The van der Waals surface area contributed by atoms with Crippen LogP contribution in [0.2, 0.25) is 0 Å². The molecule has 1 unspecified atom stereocenters. The fourth-order valence-electron chi connectivity index (χ4n) is 2.76. The average molecular weight is 260 g/mol. The van der Waals surface area contributed by atoms with Crippen molar-refractivity contribution < 1.29 is 0 Å². The van der Waals surface area contributed by atoms with Gasteiger partial charge in [0.1, 0.15) is 0 Å². The lowest BCUT2D eigenvalue weighted by atomic mass is 10.0. The maximum atomic E-state index is 3.59. The molecule has 0 amide bonds. The molecule has 0 aliphatic carbocycles. The topological polar surface area (TPSA) is 15.3 Å². The van der Waals surface area contributed by atoms with Gasteiger partial charge in [0.2, 0.25) is 0 Å². The van der Waals surface area contributed by atoms with Crippen molar-refractivity contribution in [3.63, 3.8) is 0 Å². The van der Waals surface area contributed by atoms with Crippen LogP contribution in [0.5, 0.6) is 0 Å². The molecule has 106 valence electrons. The van der Waals surface area contributed by atoms with Crippen molar-refractivity contribution >= 4 is 0 Å². The monoisotopic (exact) mass is 260 g/mol. The first-order valence-electron chi connectivity index (χ1n) is 7.70. The third-order valence-electron chi connectivity index (χ3n) is 4.18. The van der Waals surface area contributed by atoms with E-state index in [9.17, 15) is 0 Å². The van der Waals surface area contributed by atoms with Gasteiger partial charge in [-0.15, -0.1) is 0 Å². The second kappa shape index (κ2) is 7.06. The molecule has 2 heteroatoms. The SMILES string of the molecule is CC(C)c1ccc(CNCC(C)N2CCCC2)cc1. The molecule has 2 rings (SSSR count). The molecule has 1 N–H and O–H groups in total. The van der Waals surface area contributed by atoms with Gasteiger partial charge in [0.05, 0.1) is 0 Å². The Hall–Kier alpha value is -0.860. The molecule has 1 aromatic rings. The zero-order valence-corrected chi connectivity index (χ0v) is 12.7. The number of hydrogen-bond donors (Lipinski definition) is 1. The van der Waals surface area contributed by atoms with Crippen molar-refractivity contribution in [1.29, 1.82) is 0 Å². The summed E-state index contributed by atoms with van der Waals surface area (Å²) in [5, 5.41) is 3.59. The van der Waals surface area contributed by atoms with Crippen molar-refractivity contribution in [2.75, 3.05) is 19.6 Å². The fraction of sp³-hybridized carbons (Fsp3) is 0.647. The van der Waals surface area contributed by atoms with E-state index in [2.05, 4.69) is 55.3 Å². The Morgan fingerprint density at radius 1 is 1.05 bits per heavy atom. The number of rotatable bonds is 6. The van der Waals surface area contributed by atoms with E-state index in [0.717, 1.165) is 13.1 Å². The van der Waals surface area contributed by atoms with Gasteiger partial charge in [-0.3, -0.25) is 4.90 Å². The molecule has 2 nitrogen and oxygen atoms in total. The largest absolute Gasteiger partial charge is 0.311 e. The van der Waals surface area contributed by atoms with Gasteiger partial charge in [0, 0.05) is 19.1 Å². The Morgan fingerprint density at radius 2 is 1.68 bits per heavy atom. The molecular formula is C17H28N2. The molecule has 0 saturated carbocycles. The smallest absolute Gasteiger partial charge is 0.0206 e. The van der Waals surface area contributed by atoms with Crippen molar-refractivity contribution in [3.8, 4) is 0 Å². The lowest BCUT2D eigenvalue weighted by Crippen LogP contribution is -2.38. The van der Waals surface area contributed by atoms with Crippen LogP contribution in [0.3, 0.4) is 0 Å². The van der Waals surface area contributed by atoms with E-state index in [0.29, 0.717) is 12.0 Å². The highest BCUT2D eigenvalue weighted by molar-refractivity contribution is 5.24. The van der Waals surface area contributed by atoms with Crippen molar-refractivity contribution in [2.45, 2.75) is 52.1 Å². The van der Waals surface area contributed by atoms with Crippen molar-refractivity contribution in [3.05, 3.63) is 35.4 Å². The number of benzene rings is 1. The van der Waals surface area contributed by atoms with Gasteiger partial charge < -0.3 is 5.32 Å². The molecule has 1 aliphatic heterocycles. The van der Waals surface area contributed by atoms with Crippen LogP contribution in [0.15, 0.2) is 24.3 Å². The highest BCUT2D eigenvalue weighted by atomic mass is 15.2. The minimum atomic E-state index is 0.622. The summed E-state index contributed by atoms with van der Waals surface area (Å²) >= 11 is 0. The minimum Gasteiger partial charge on any atom is -0.311 e. The molecule has 0 spiro atoms. The van der Waals surface area contributed by atoms with Crippen molar-refractivity contribution in [2.24, 2.45) is 0 Å². The molecular weight excluding hydrogens is 232 g/mol. The molecule has 1 atom stereocenters. The Kier molecular flexibility index (Phi) is 5.41. The summed E-state index contributed by atoms with van der Waals surface area (Å²) in [6, 6.07) is 9.68. The molecule has 0 bridgehead atoms. The normalized spacial score (nSPS) is 18.1. The molecule has 1 fully saturated rings. The summed E-state index contributed by atoms with van der Waals surface area (Å²) in [4.78, 5) is 2.59. The van der Waals surface area contributed by atoms with Gasteiger partial charge in [-0.1, -0.05) is 38.1 Å². The second-order valence-electron chi connectivity index (χ2n) is 6.12. The number of nitrogens with one attached hydrogen (secondary N) is 1. The Bertz CT molecular complexity index is 363. The zero-order valence-electron chi connectivity index (χ0n) is 12.7. The van der Waals surface area contributed by atoms with Gasteiger partial charge in [-0.2, -0.15) is 0 Å². The quantitative estimate of drug-likeness (QED) is 0.843. The summed E-state index contributed by atoms with van der Waals surface area (Å²) in [5.74, 6) is 0.622. The van der Waals surface area contributed by atoms with E-state index < -0.39 is 0 Å². The van der Waals surface area contributed by atoms with E-state index in [4.69, 9.17) is 0 Å². The Morgan fingerprint density at radius 3 is 2.26 bits per heavy atom. The van der Waals surface area contributed by atoms with Crippen LogP contribution in [-0.2, 0) is 6.54 Å². The molecule has 19 heavy (non-hydrogen) atoms. The maximum absolute atomic E-state index is 3.59. The van der Waals surface area contributed by atoms with Crippen LogP contribution in [0, 0.1) is 0 Å². The van der Waals surface area contributed by atoms with Crippen LogP contribution < -0.4 is 5.32 Å². The van der Waals surface area contributed by atoms with Gasteiger partial charge >= 0.3 is 0 Å². The molecule has 1 aromatic carbocycles. The van der Waals surface area contributed by atoms with Crippen LogP contribution in [0.25, 0.3) is 0 Å². The fourth-order valence-corrected chi connectivity index (χ4v) is 2.76. The summed E-state index contributed by atoms with van der Waals surface area (Å²) in [5.41, 5.74) is 2.81. The first-order valence-corrected chi connectivity index (χ1v) is 7.70. The summed E-state index contributed by atoms with van der Waals surface area (Å²) in [6.07, 6.45) is 2.75. The molecule has 0 radical (unpaired) electrons. The zero-order chi connectivity index (χ0) is 13.7. The maximum Gasteiger partial charge on any atom is 0.0206 e. The third-order valence-corrected chi connectivity index (χ3v) is 4.18. The highest BCUT2D eigenvalue weighted by Crippen LogP contribution is 2.15. The number of hydrogen-bond acceptors (Lipinski definition) is 2. The molecule has 1 aliphatic rings. The van der Waals surface area contributed by atoms with Crippen LogP contribution >= 0.6 is 0 Å². The first-order chi connectivity index (χ1) is 9.16. The average Bonchev–Trinajstić information content (AvgIpc) is 2.93. The van der Waals surface area contributed by atoms with Crippen molar-refractivity contribution in [1.82, 2.24) is 10.2 Å². The van der Waals surface area contributed by atoms with E-state index in [1.807, 2.05) is 0 Å². The summed E-state index contributed by atoms with van der Waals surface area (Å²) in [7, 11) is 0. The minimum absolute atomic E-state index is 0.622. The van der Waals surface area contributed by atoms with Crippen LogP contribution in [0.4, 0.5) is 0 Å². The summed E-state index contributed by atoms with van der Waals surface area (Å²) < 4.78 is 0. The van der Waals surface area contributed by atoms with Gasteiger partial charge in [0.15, 0.2) is 0 Å². The highest BCUT2D eigenvalue weighted by Gasteiger charge is 2.17. The number of nitrogens with zero attached hydrogens (tertiary/aromatic N) is 1. The van der Waals surface area contributed by atoms with E-state index >= 15 is 0 Å². The predicted octanol–water partition coefficient (Wildman–Crippen LogP) is 3.38. The number of likely N-dealkylation sites (tertiary alicyclic amines) is 1. The van der Waals surface area contributed by atoms with Gasteiger partial charge in [0.25, 0.3) is 0 Å².